The maximum absolute atomic E-state index is 8.17. The standard InChI is InChI=1S/C3H8O3.Mg.H2O.2H/c4-1-3(6)2-5;;;;/h3-6H,1-2H2;;1H2;;. The summed E-state index contributed by atoms with van der Waals surface area (Å²) in [5.41, 5.74) is 0. The molecule has 0 bridgehead atoms. The van der Waals surface area contributed by atoms with Crippen molar-refractivity contribution in [3.63, 3.8) is 0 Å². The van der Waals surface area contributed by atoms with Gasteiger partial charge in [-0.3, -0.25) is 0 Å². The highest BCUT2D eigenvalue weighted by molar-refractivity contribution is 5.75. The molecule has 8 heavy (non-hydrogen) atoms. The van der Waals surface area contributed by atoms with Crippen LogP contribution < -0.4 is 0 Å². The molecular formula is C3H12MgO4. The number of aliphatic hydroxyl groups excluding tert-OH is 3. The first-order valence-corrected chi connectivity index (χ1v) is 1.71. The Morgan fingerprint density at radius 1 is 1.12 bits per heavy atom. The Labute approximate surface area is 63.6 Å². The smallest absolute Gasteiger partial charge is 0.316 e. The number of hydrogen-bond acceptors (Lipinski definition) is 3. The lowest BCUT2D eigenvalue weighted by molar-refractivity contribution is 0.0450. The molecule has 0 aliphatic heterocycles. The van der Waals surface area contributed by atoms with Crippen molar-refractivity contribution in [1.82, 2.24) is 0 Å². The molecule has 0 aliphatic rings. The predicted octanol–water partition coefficient (Wildman–Crippen LogP) is -3.41. The first kappa shape index (κ1) is 15.8. The van der Waals surface area contributed by atoms with Crippen LogP contribution in [0.4, 0.5) is 0 Å². The van der Waals surface area contributed by atoms with Crippen molar-refractivity contribution in [2.75, 3.05) is 13.2 Å². The maximum Gasteiger partial charge on any atom is 0.316 e. The first-order chi connectivity index (χ1) is 2.81. The molecule has 0 aromatic carbocycles. The zero-order valence-electron chi connectivity index (χ0n) is 3.83. The third kappa shape index (κ3) is 9.79. The van der Waals surface area contributed by atoms with Gasteiger partial charge in [0.05, 0.1) is 13.2 Å². The Balaban J connectivity index is -0.000000125. The van der Waals surface area contributed by atoms with Crippen molar-refractivity contribution in [3.8, 4) is 0 Å². The molecular weight excluding hydrogens is 124 g/mol. The second kappa shape index (κ2) is 10.6. The van der Waals surface area contributed by atoms with Crippen LogP contribution in [0.1, 0.15) is 0 Å². The second-order valence-electron chi connectivity index (χ2n) is 1.02. The van der Waals surface area contributed by atoms with Gasteiger partial charge in [-0.1, -0.05) is 0 Å². The average molecular weight is 136 g/mol. The van der Waals surface area contributed by atoms with Crippen LogP contribution in [-0.2, 0) is 0 Å². The van der Waals surface area contributed by atoms with E-state index < -0.39 is 6.10 Å². The fourth-order valence-electron chi connectivity index (χ4n) is 0.0577. The molecule has 5 N–H and O–H groups in total. The van der Waals surface area contributed by atoms with Gasteiger partial charge >= 0.3 is 23.1 Å². The van der Waals surface area contributed by atoms with E-state index in [1.165, 1.54) is 0 Å². The Kier molecular flexibility index (Phi) is 20.9. The minimum Gasteiger partial charge on any atom is -0.412 e. The molecule has 50 valence electrons. The molecule has 0 saturated carbocycles. The van der Waals surface area contributed by atoms with Crippen molar-refractivity contribution < 1.29 is 20.8 Å². The van der Waals surface area contributed by atoms with Crippen LogP contribution in [0.3, 0.4) is 0 Å². The Bertz CT molecular complexity index is 30.5. The van der Waals surface area contributed by atoms with E-state index in [0.29, 0.717) is 0 Å². The zero-order valence-corrected chi connectivity index (χ0v) is 3.83. The summed E-state index contributed by atoms with van der Waals surface area (Å²) in [6.07, 6.45) is -0.954. The molecule has 5 heteroatoms. The summed E-state index contributed by atoms with van der Waals surface area (Å²) in [5, 5.41) is 24.0. The van der Waals surface area contributed by atoms with Crippen LogP contribution in [0.5, 0.6) is 0 Å². The third-order valence-corrected chi connectivity index (χ3v) is 0.421. The van der Waals surface area contributed by atoms with E-state index in [0.717, 1.165) is 0 Å². The molecule has 0 saturated heterocycles. The lowest BCUT2D eigenvalue weighted by Crippen LogP contribution is -2.15. The van der Waals surface area contributed by atoms with Gasteiger partial charge in [-0.15, -0.1) is 0 Å². The Morgan fingerprint density at radius 2 is 1.38 bits per heavy atom. The SMILES string of the molecule is O.OCC(O)CO.[MgH2]. The van der Waals surface area contributed by atoms with E-state index in [2.05, 4.69) is 0 Å². The lowest BCUT2D eigenvalue weighted by atomic mass is 10.4. The topological polar surface area (TPSA) is 92.2 Å². The average Bonchev–Trinajstić information content (AvgIpc) is 1.65. The van der Waals surface area contributed by atoms with E-state index >= 15 is 0 Å². The van der Waals surface area contributed by atoms with E-state index in [1.807, 2.05) is 0 Å². The predicted molar refractivity (Wildman–Crippen MR) is 32.3 cm³/mol. The molecule has 0 fully saturated rings. The van der Waals surface area contributed by atoms with Crippen LogP contribution in [0.2, 0.25) is 0 Å². The molecule has 0 spiro atoms. The highest BCUT2D eigenvalue weighted by Crippen LogP contribution is 1.71. The summed E-state index contributed by atoms with van der Waals surface area (Å²) in [6, 6.07) is 0. The molecule has 0 rings (SSSR count). The molecule has 0 aromatic heterocycles. The van der Waals surface area contributed by atoms with Crippen LogP contribution >= 0.6 is 0 Å². The summed E-state index contributed by atoms with van der Waals surface area (Å²) in [7, 11) is 0. The quantitative estimate of drug-likeness (QED) is 0.345. The monoisotopic (exact) mass is 136 g/mol. The molecule has 0 heterocycles. The van der Waals surface area contributed by atoms with Crippen LogP contribution in [-0.4, -0.2) is 63.2 Å². The van der Waals surface area contributed by atoms with Gasteiger partial charge in [-0.05, 0) is 0 Å². The lowest BCUT2D eigenvalue weighted by Gasteiger charge is -1.96. The van der Waals surface area contributed by atoms with Gasteiger partial charge in [0, 0.05) is 0 Å². The van der Waals surface area contributed by atoms with E-state index in [9.17, 15) is 0 Å². The van der Waals surface area contributed by atoms with Crippen LogP contribution in [0, 0.1) is 0 Å². The minimum atomic E-state index is -0.954. The summed E-state index contributed by atoms with van der Waals surface area (Å²) in [5.74, 6) is 0. The number of rotatable bonds is 2. The van der Waals surface area contributed by atoms with Crippen LogP contribution in [0.15, 0.2) is 0 Å². The summed E-state index contributed by atoms with van der Waals surface area (Å²) in [6.45, 7) is -0.729. The van der Waals surface area contributed by atoms with Crippen molar-refractivity contribution in [3.05, 3.63) is 0 Å². The fourth-order valence-corrected chi connectivity index (χ4v) is 0.0577. The van der Waals surface area contributed by atoms with Gasteiger partial charge < -0.3 is 20.8 Å². The fraction of sp³-hybridized carbons (Fsp3) is 1.00. The molecule has 0 amide bonds. The normalized spacial score (nSPS) is 7.50. The minimum absolute atomic E-state index is 0. The number of aliphatic hydroxyl groups is 3. The number of hydrogen-bond donors (Lipinski definition) is 3. The molecule has 4 nitrogen and oxygen atoms in total. The van der Waals surface area contributed by atoms with Crippen molar-refractivity contribution in [2.45, 2.75) is 6.10 Å². The molecule has 0 unspecified atom stereocenters. The Hall–Kier alpha value is 0.606. The van der Waals surface area contributed by atoms with Gasteiger partial charge in [0.25, 0.3) is 0 Å². The maximum atomic E-state index is 8.17. The molecule has 0 aliphatic carbocycles. The van der Waals surface area contributed by atoms with Gasteiger partial charge in [-0.25, -0.2) is 0 Å². The molecule has 0 aromatic rings. The van der Waals surface area contributed by atoms with E-state index in [1.54, 1.807) is 0 Å². The van der Waals surface area contributed by atoms with Gasteiger partial charge in [0.2, 0.25) is 0 Å². The van der Waals surface area contributed by atoms with E-state index in [-0.39, 0.29) is 41.7 Å². The highest BCUT2D eigenvalue weighted by Gasteiger charge is 1.93. The Morgan fingerprint density at radius 3 is 1.38 bits per heavy atom. The van der Waals surface area contributed by atoms with Crippen molar-refractivity contribution >= 4 is 23.1 Å². The van der Waals surface area contributed by atoms with Gasteiger partial charge in [0.15, 0.2) is 0 Å². The molecule has 0 atom stereocenters. The van der Waals surface area contributed by atoms with Crippen molar-refractivity contribution in [1.29, 1.82) is 0 Å². The van der Waals surface area contributed by atoms with Gasteiger partial charge in [-0.2, -0.15) is 0 Å². The summed E-state index contributed by atoms with van der Waals surface area (Å²) >= 11 is 0. The van der Waals surface area contributed by atoms with Crippen LogP contribution in [0.25, 0.3) is 0 Å². The second-order valence-corrected chi connectivity index (χ2v) is 1.02. The van der Waals surface area contributed by atoms with E-state index in [4.69, 9.17) is 15.3 Å². The van der Waals surface area contributed by atoms with Crippen molar-refractivity contribution in [2.24, 2.45) is 0 Å². The largest absolute Gasteiger partial charge is 0.412 e. The zero-order chi connectivity index (χ0) is 4.99. The third-order valence-electron chi connectivity index (χ3n) is 0.421. The highest BCUT2D eigenvalue weighted by atomic mass is 24.3. The first-order valence-electron chi connectivity index (χ1n) is 1.71. The van der Waals surface area contributed by atoms with Gasteiger partial charge in [0.1, 0.15) is 6.10 Å². The molecule has 0 radical (unpaired) electrons. The summed E-state index contributed by atoms with van der Waals surface area (Å²) in [4.78, 5) is 0. The summed E-state index contributed by atoms with van der Waals surface area (Å²) < 4.78 is 0.